The highest BCUT2D eigenvalue weighted by Gasteiger charge is 2.30. The molecule has 8 heteroatoms. The third-order valence-corrected chi connectivity index (χ3v) is 2.82. The predicted molar refractivity (Wildman–Crippen MR) is 72.9 cm³/mol. The van der Waals surface area contributed by atoms with Crippen LogP contribution in [0.5, 0.6) is 5.75 Å². The standard InChI is InChI=1S/C14H11F3N2O3/c1-7-5-10(20)11(12(21)18-7)13(22)19-9-4-2-3-8(6-9)14(15,16)17/h2-6H,1H3,(H,19,22)(H2,18,20,21). The highest BCUT2D eigenvalue weighted by atomic mass is 19.4. The molecule has 0 bridgehead atoms. The van der Waals surface area contributed by atoms with Gasteiger partial charge in [0.15, 0.2) is 0 Å². The average molecular weight is 312 g/mol. The van der Waals surface area contributed by atoms with Gasteiger partial charge in [-0.1, -0.05) is 6.07 Å². The van der Waals surface area contributed by atoms with Gasteiger partial charge in [-0.25, -0.2) is 0 Å². The fourth-order valence-corrected chi connectivity index (χ4v) is 1.86. The van der Waals surface area contributed by atoms with Gasteiger partial charge in [0.1, 0.15) is 11.3 Å². The number of halogens is 3. The number of pyridine rings is 1. The summed E-state index contributed by atoms with van der Waals surface area (Å²) >= 11 is 0. The zero-order valence-electron chi connectivity index (χ0n) is 11.3. The van der Waals surface area contributed by atoms with Gasteiger partial charge in [0.25, 0.3) is 11.5 Å². The lowest BCUT2D eigenvalue weighted by atomic mass is 10.1. The summed E-state index contributed by atoms with van der Waals surface area (Å²) in [5, 5.41) is 11.8. The second-order valence-corrected chi connectivity index (χ2v) is 4.57. The number of rotatable bonds is 2. The number of H-pyrrole nitrogens is 1. The fraction of sp³-hybridized carbons (Fsp3) is 0.143. The summed E-state index contributed by atoms with van der Waals surface area (Å²) in [6, 6.07) is 5.12. The molecule has 0 unspecified atom stereocenters. The minimum absolute atomic E-state index is 0.140. The van der Waals surface area contributed by atoms with Gasteiger partial charge in [0.05, 0.1) is 5.56 Å². The van der Waals surface area contributed by atoms with Crippen LogP contribution in [-0.2, 0) is 6.18 Å². The minimum Gasteiger partial charge on any atom is -0.507 e. The lowest BCUT2D eigenvalue weighted by Gasteiger charge is -2.10. The Morgan fingerprint density at radius 2 is 1.95 bits per heavy atom. The Labute approximate surface area is 122 Å². The fourth-order valence-electron chi connectivity index (χ4n) is 1.86. The molecule has 1 aromatic carbocycles. The smallest absolute Gasteiger partial charge is 0.416 e. The molecule has 1 amide bonds. The lowest BCUT2D eigenvalue weighted by Crippen LogP contribution is -2.23. The molecule has 1 aromatic heterocycles. The number of aromatic amines is 1. The first-order valence-electron chi connectivity index (χ1n) is 6.10. The van der Waals surface area contributed by atoms with Crippen molar-refractivity contribution in [1.29, 1.82) is 0 Å². The van der Waals surface area contributed by atoms with Crippen molar-refractivity contribution in [2.24, 2.45) is 0 Å². The van der Waals surface area contributed by atoms with Crippen LogP contribution >= 0.6 is 0 Å². The summed E-state index contributed by atoms with van der Waals surface area (Å²) in [5.41, 5.74) is -2.13. The van der Waals surface area contributed by atoms with E-state index in [1.54, 1.807) is 0 Å². The molecule has 22 heavy (non-hydrogen) atoms. The van der Waals surface area contributed by atoms with Crippen molar-refractivity contribution in [3.05, 3.63) is 57.5 Å². The van der Waals surface area contributed by atoms with Crippen molar-refractivity contribution < 1.29 is 23.1 Å². The van der Waals surface area contributed by atoms with Gasteiger partial charge in [0.2, 0.25) is 0 Å². The minimum atomic E-state index is -4.55. The number of hydrogen-bond acceptors (Lipinski definition) is 3. The topological polar surface area (TPSA) is 82.2 Å². The molecule has 5 nitrogen and oxygen atoms in total. The molecule has 0 spiro atoms. The van der Waals surface area contributed by atoms with Crippen molar-refractivity contribution in [2.45, 2.75) is 13.1 Å². The quantitative estimate of drug-likeness (QED) is 0.797. The van der Waals surface area contributed by atoms with Gasteiger partial charge in [0, 0.05) is 11.4 Å². The number of benzene rings is 1. The maximum atomic E-state index is 12.6. The van der Waals surface area contributed by atoms with Crippen molar-refractivity contribution >= 4 is 11.6 Å². The summed E-state index contributed by atoms with van der Waals surface area (Å²) < 4.78 is 37.8. The van der Waals surface area contributed by atoms with Gasteiger partial charge in [-0.3, -0.25) is 9.59 Å². The number of carbonyl (C=O) groups excluding carboxylic acids is 1. The number of carbonyl (C=O) groups is 1. The molecule has 116 valence electrons. The maximum absolute atomic E-state index is 12.6. The highest BCUT2D eigenvalue weighted by Crippen LogP contribution is 2.30. The second kappa shape index (κ2) is 5.55. The number of hydrogen-bond donors (Lipinski definition) is 3. The molecule has 0 aliphatic carbocycles. The molecule has 0 radical (unpaired) electrons. The Balaban J connectivity index is 2.33. The number of anilines is 1. The van der Waals surface area contributed by atoms with Gasteiger partial charge in [-0.2, -0.15) is 13.2 Å². The molecule has 0 aliphatic rings. The molecule has 0 saturated carbocycles. The van der Waals surface area contributed by atoms with Crippen molar-refractivity contribution in [3.8, 4) is 5.75 Å². The Morgan fingerprint density at radius 3 is 2.55 bits per heavy atom. The SMILES string of the molecule is Cc1cc(O)c(C(=O)Nc2cccc(C(F)(F)F)c2)c(=O)[nH]1. The largest absolute Gasteiger partial charge is 0.507 e. The molecule has 1 heterocycles. The van der Waals surface area contributed by atoms with Crippen LogP contribution in [0.1, 0.15) is 21.6 Å². The summed E-state index contributed by atoms with van der Waals surface area (Å²) in [6.45, 7) is 1.51. The van der Waals surface area contributed by atoms with Gasteiger partial charge >= 0.3 is 6.18 Å². The molecule has 2 rings (SSSR count). The number of aromatic nitrogens is 1. The van der Waals surface area contributed by atoms with Crippen molar-refractivity contribution in [2.75, 3.05) is 5.32 Å². The van der Waals surface area contributed by atoms with E-state index in [4.69, 9.17) is 0 Å². The number of aromatic hydroxyl groups is 1. The zero-order valence-corrected chi connectivity index (χ0v) is 11.3. The third-order valence-electron chi connectivity index (χ3n) is 2.82. The summed E-state index contributed by atoms with van der Waals surface area (Å²) in [4.78, 5) is 25.9. The Bertz CT molecular complexity index is 782. The summed E-state index contributed by atoms with van der Waals surface area (Å²) in [6.07, 6.45) is -4.55. The number of nitrogens with one attached hydrogen (secondary N) is 2. The van der Waals surface area contributed by atoms with E-state index in [1.807, 2.05) is 0 Å². The van der Waals surface area contributed by atoms with Crippen LogP contribution in [0, 0.1) is 6.92 Å². The van der Waals surface area contributed by atoms with E-state index in [9.17, 15) is 27.9 Å². The first kappa shape index (κ1) is 15.6. The van der Waals surface area contributed by atoms with Crippen molar-refractivity contribution in [1.82, 2.24) is 4.98 Å². The maximum Gasteiger partial charge on any atom is 0.416 e. The molecule has 2 aromatic rings. The molecule has 0 saturated heterocycles. The Hall–Kier alpha value is -2.77. The van der Waals surface area contributed by atoms with E-state index >= 15 is 0 Å². The van der Waals surface area contributed by atoms with Crippen LogP contribution < -0.4 is 10.9 Å². The van der Waals surface area contributed by atoms with Crippen LogP contribution in [-0.4, -0.2) is 16.0 Å². The van der Waals surface area contributed by atoms with Crippen molar-refractivity contribution in [3.63, 3.8) is 0 Å². The zero-order chi connectivity index (χ0) is 16.5. The summed E-state index contributed by atoms with van der Waals surface area (Å²) in [7, 11) is 0. The highest BCUT2D eigenvalue weighted by molar-refractivity contribution is 6.05. The van der Waals surface area contributed by atoms with E-state index in [2.05, 4.69) is 10.3 Å². The molecular weight excluding hydrogens is 301 g/mol. The average Bonchev–Trinajstić information content (AvgIpc) is 2.36. The first-order chi connectivity index (χ1) is 10.2. The van der Waals surface area contributed by atoms with Crippen LogP contribution in [0.4, 0.5) is 18.9 Å². The molecule has 0 atom stereocenters. The van der Waals surface area contributed by atoms with Gasteiger partial charge < -0.3 is 15.4 Å². The number of alkyl halides is 3. The van der Waals surface area contributed by atoms with Crippen LogP contribution in [0.2, 0.25) is 0 Å². The van der Waals surface area contributed by atoms with Gasteiger partial charge in [-0.05, 0) is 31.2 Å². The molecule has 0 aliphatic heterocycles. The monoisotopic (exact) mass is 312 g/mol. The lowest BCUT2D eigenvalue weighted by molar-refractivity contribution is -0.137. The van der Waals surface area contributed by atoms with Crippen LogP contribution in [0.15, 0.2) is 35.1 Å². The first-order valence-corrected chi connectivity index (χ1v) is 6.10. The molecular formula is C14H11F3N2O3. The molecule has 3 N–H and O–H groups in total. The second-order valence-electron chi connectivity index (χ2n) is 4.57. The summed E-state index contributed by atoms with van der Waals surface area (Å²) in [5.74, 6) is -1.55. The number of amides is 1. The van der Waals surface area contributed by atoms with E-state index in [0.29, 0.717) is 5.69 Å². The van der Waals surface area contributed by atoms with Crippen LogP contribution in [0.3, 0.4) is 0 Å². The van der Waals surface area contributed by atoms with Crippen LogP contribution in [0.25, 0.3) is 0 Å². The Kier molecular flexibility index (Phi) is 3.94. The molecule has 0 fully saturated rings. The normalized spacial score (nSPS) is 11.3. The number of aryl methyl sites for hydroxylation is 1. The van der Waals surface area contributed by atoms with Gasteiger partial charge in [-0.15, -0.1) is 0 Å². The van der Waals surface area contributed by atoms with E-state index < -0.39 is 34.5 Å². The predicted octanol–water partition coefficient (Wildman–Crippen LogP) is 2.66. The van der Waals surface area contributed by atoms with E-state index in [1.165, 1.54) is 19.1 Å². The van der Waals surface area contributed by atoms with E-state index in [0.717, 1.165) is 18.2 Å². The van der Waals surface area contributed by atoms with E-state index in [-0.39, 0.29) is 5.69 Å². The Morgan fingerprint density at radius 1 is 1.27 bits per heavy atom. The third kappa shape index (κ3) is 3.27.